The second-order valence-electron chi connectivity index (χ2n) is 4.57. The highest BCUT2D eigenvalue weighted by Crippen LogP contribution is 2.14. The normalized spacial score (nSPS) is 13.2. The van der Waals surface area contributed by atoms with E-state index in [2.05, 4.69) is 0 Å². The fourth-order valence-electron chi connectivity index (χ4n) is 1.85. The van der Waals surface area contributed by atoms with Gasteiger partial charge in [-0.2, -0.15) is 0 Å². The highest BCUT2D eigenvalue weighted by atomic mass is 19.1. The molecular weight excluding hydrogens is 271 g/mol. The van der Waals surface area contributed by atoms with Crippen LogP contribution in [0, 0.1) is 0 Å². The molecule has 0 saturated carbocycles. The molecule has 108 valence electrons. The zero-order valence-electron chi connectivity index (χ0n) is 11.5. The maximum absolute atomic E-state index is 14.0. The van der Waals surface area contributed by atoms with Gasteiger partial charge in [0.25, 0.3) is 0 Å². The maximum Gasteiger partial charge on any atom is 0.224 e. The average Bonchev–Trinajstić information content (AvgIpc) is 2.54. The minimum Gasteiger partial charge on any atom is -0.483 e. The summed E-state index contributed by atoms with van der Waals surface area (Å²) in [7, 11) is 0. The van der Waals surface area contributed by atoms with Crippen molar-refractivity contribution in [2.24, 2.45) is 0 Å². The monoisotopic (exact) mass is 286 g/mol. The van der Waals surface area contributed by atoms with E-state index < -0.39 is 23.8 Å². The number of rotatable bonds is 6. The standard InChI is InChI=1S/C17H15FO3/c1-12(21-14-10-6-3-7-11-14)16(19)15(18)17(20)13-8-4-2-5-9-13/h2-12,15H,1H3. The molecule has 0 spiro atoms. The molecule has 3 nitrogen and oxygen atoms in total. The van der Waals surface area contributed by atoms with Crippen LogP contribution in [0.2, 0.25) is 0 Å². The highest BCUT2D eigenvalue weighted by Gasteiger charge is 2.31. The van der Waals surface area contributed by atoms with Crippen LogP contribution < -0.4 is 4.74 Å². The van der Waals surface area contributed by atoms with Crippen molar-refractivity contribution in [2.45, 2.75) is 19.2 Å². The summed E-state index contributed by atoms with van der Waals surface area (Å²) in [6, 6.07) is 16.5. The first-order valence-electron chi connectivity index (χ1n) is 6.58. The molecule has 2 rings (SSSR count). The second-order valence-corrected chi connectivity index (χ2v) is 4.57. The Kier molecular flexibility index (Phi) is 4.82. The van der Waals surface area contributed by atoms with Gasteiger partial charge in [-0.3, -0.25) is 9.59 Å². The van der Waals surface area contributed by atoms with Crippen LogP contribution in [0.15, 0.2) is 60.7 Å². The molecule has 2 unspecified atom stereocenters. The van der Waals surface area contributed by atoms with Gasteiger partial charge in [0.2, 0.25) is 17.7 Å². The predicted octanol–water partition coefficient (Wildman–Crippen LogP) is 3.24. The molecule has 21 heavy (non-hydrogen) atoms. The fourth-order valence-corrected chi connectivity index (χ4v) is 1.85. The lowest BCUT2D eigenvalue weighted by Crippen LogP contribution is -2.36. The number of Topliss-reactive ketones (excluding diaryl/α,β-unsaturated/α-hetero) is 2. The first-order valence-corrected chi connectivity index (χ1v) is 6.58. The molecule has 0 heterocycles. The van der Waals surface area contributed by atoms with Crippen molar-refractivity contribution in [3.8, 4) is 5.75 Å². The van der Waals surface area contributed by atoms with E-state index in [-0.39, 0.29) is 5.56 Å². The molecule has 0 aromatic heterocycles. The van der Waals surface area contributed by atoms with Crippen LogP contribution in [0.1, 0.15) is 17.3 Å². The van der Waals surface area contributed by atoms with Crippen molar-refractivity contribution in [1.82, 2.24) is 0 Å². The Morgan fingerprint density at radius 2 is 1.48 bits per heavy atom. The molecule has 0 fully saturated rings. The number of carbonyl (C=O) groups excluding carboxylic acids is 2. The summed E-state index contributed by atoms with van der Waals surface area (Å²) in [5.41, 5.74) is 0.172. The van der Waals surface area contributed by atoms with E-state index in [4.69, 9.17) is 4.74 Å². The number of ether oxygens (including phenoxy) is 1. The molecule has 0 aliphatic heterocycles. The molecule has 0 bridgehead atoms. The van der Waals surface area contributed by atoms with Gasteiger partial charge in [0, 0.05) is 5.56 Å². The van der Waals surface area contributed by atoms with Gasteiger partial charge in [-0.1, -0.05) is 48.5 Å². The van der Waals surface area contributed by atoms with Crippen LogP contribution >= 0.6 is 0 Å². The van der Waals surface area contributed by atoms with Gasteiger partial charge in [0.05, 0.1) is 0 Å². The summed E-state index contributed by atoms with van der Waals surface area (Å²) in [4.78, 5) is 23.8. The summed E-state index contributed by atoms with van der Waals surface area (Å²) in [6.07, 6.45) is -3.25. The van der Waals surface area contributed by atoms with Gasteiger partial charge in [-0.25, -0.2) is 4.39 Å². The predicted molar refractivity (Wildman–Crippen MR) is 77.2 cm³/mol. The number of ketones is 2. The minimum absolute atomic E-state index is 0.172. The Morgan fingerprint density at radius 1 is 0.952 bits per heavy atom. The largest absolute Gasteiger partial charge is 0.483 e. The number of carbonyl (C=O) groups is 2. The van der Waals surface area contributed by atoms with E-state index in [0.29, 0.717) is 5.75 Å². The average molecular weight is 286 g/mol. The number of halogens is 1. The Hall–Kier alpha value is -2.49. The van der Waals surface area contributed by atoms with Crippen molar-refractivity contribution < 1.29 is 18.7 Å². The van der Waals surface area contributed by atoms with Crippen LogP contribution in [0.3, 0.4) is 0 Å². The first kappa shape index (κ1) is 14.9. The van der Waals surface area contributed by atoms with Crippen molar-refractivity contribution in [2.75, 3.05) is 0 Å². The molecule has 2 atom stereocenters. The number of para-hydroxylation sites is 1. The third-order valence-electron chi connectivity index (χ3n) is 3.00. The number of benzene rings is 2. The summed E-state index contributed by atoms with van der Waals surface area (Å²) in [5.74, 6) is -1.27. The maximum atomic E-state index is 14.0. The van der Waals surface area contributed by atoms with E-state index in [1.165, 1.54) is 19.1 Å². The molecule has 4 heteroatoms. The van der Waals surface area contributed by atoms with E-state index in [0.717, 1.165) is 0 Å². The third-order valence-corrected chi connectivity index (χ3v) is 3.00. The van der Waals surface area contributed by atoms with Crippen LogP contribution in [-0.2, 0) is 4.79 Å². The van der Waals surface area contributed by atoms with Crippen LogP contribution in [-0.4, -0.2) is 23.8 Å². The van der Waals surface area contributed by atoms with Gasteiger partial charge in [-0.05, 0) is 19.1 Å². The van der Waals surface area contributed by atoms with E-state index in [1.807, 2.05) is 0 Å². The van der Waals surface area contributed by atoms with Gasteiger partial charge in [0.1, 0.15) is 5.75 Å². The van der Waals surface area contributed by atoms with E-state index in [9.17, 15) is 14.0 Å². The molecule has 0 aliphatic rings. The molecular formula is C17H15FO3. The Balaban J connectivity index is 2.03. The van der Waals surface area contributed by atoms with Crippen LogP contribution in [0.25, 0.3) is 0 Å². The summed E-state index contributed by atoms with van der Waals surface area (Å²) < 4.78 is 19.4. The van der Waals surface area contributed by atoms with Crippen molar-refractivity contribution in [3.05, 3.63) is 66.2 Å². The molecule has 2 aromatic carbocycles. The molecule has 2 aromatic rings. The lowest BCUT2D eigenvalue weighted by atomic mass is 10.0. The van der Waals surface area contributed by atoms with Crippen molar-refractivity contribution >= 4 is 11.6 Å². The van der Waals surface area contributed by atoms with Crippen molar-refractivity contribution in [1.29, 1.82) is 0 Å². The zero-order valence-corrected chi connectivity index (χ0v) is 11.5. The highest BCUT2D eigenvalue weighted by molar-refractivity contribution is 6.14. The van der Waals surface area contributed by atoms with Crippen LogP contribution in [0.5, 0.6) is 5.75 Å². The van der Waals surface area contributed by atoms with Gasteiger partial charge >= 0.3 is 0 Å². The van der Waals surface area contributed by atoms with Crippen LogP contribution in [0.4, 0.5) is 4.39 Å². The lowest BCUT2D eigenvalue weighted by molar-refractivity contribution is -0.128. The summed E-state index contributed by atoms with van der Waals surface area (Å²) in [5, 5.41) is 0. The first-order chi connectivity index (χ1) is 10.1. The quantitative estimate of drug-likeness (QED) is 0.605. The van der Waals surface area contributed by atoms with E-state index >= 15 is 0 Å². The van der Waals surface area contributed by atoms with Gasteiger partial charge in [0.15, 0.2) is 6.10 Å². The van der Waals surface area contributed by atoms with Gasteiger partial charge < -0.3 is 4.74 Å². The lowest BCUT2D eigenvalue weighted by Gasteiger charge is -2.15. The number of hydrogen-bond donors (Lipinski definition) is 0. The van der Waals surface area contributed by atoms with E-state index in [1.54, 1.807) is 48.5 Å². The SMILES string of the molecule is CC(Oc1ccccc1)C(=O)C(F)C(=O)c1ccccc1. The molecule has 0 radical (unpaired) electrons. The molecule has 0 aliphatic carbocycles. The summed E-state index contributed by atoms with van der Waals surface area (Å²) >= 11 is 0. The second kappa shape index (κ2) is 6.79. The fraction of sp³-hybridized carbons (Fsp3) is 0.176. The topological polar surface area (TPSA) is 43.4 Å². The zero-order chi connectivity index (χ0) is 15.2. The number of hydrogen-bond acceptors (Lipinski definition) is 3. The van der Waals surface area contributed by atoms with Crippen molar-refractivity contribution in [3.63, 3.8) is 0 Å². The van der Waals surface area contributed by atoms with Gasteiger partial charge in [-0.15, -0.1) is 0 Å². The molecule has 0 saturated heterocycles. The minimum atomic E-state index is -2.22. The summed E-state index contributed by atoms with van der Waals surface area (Å²) in [6.45, 7) is 1.43. The Bertz CT molecular complexity index is 610. The Labute approximate surface area is 122 Å². The molecule has 0 N–H and O–H groups in total. The Morgan fingerprint density at radius 3 is 2.05 bits per heavy atom. The smallest absolute Gasteiger partial charge is 0.224 e. The third kappa shape index (κ3) is 3.75. The number of alkyl halides is 1. The molecule has 0 amide bonds.